The van der Waals surface area contributed by atoms with E-state index in [1.807, 2.05) is 0 Å². The lowest BCUT2D eigenvalue weighted by atomic mass is 10.0. The number of carboxylic acids is 1. The molecule has 1 saturated heterocycles. The Bertz CT molecular complexity index is 294. The van der Waals surface area contributed by atoms with E-state index in [-0.39, 0.29) is 6.10 Å². The first-order valence-electron chi connectivity index (χ1n) is 4.68. The molecule has 0 bridgehead atoms. The number of hydrogen-bond donors (Lipinski definition) is 1. The minimum atomic E-state index is -1.24. The highest BCUT2D eigenvalue weighted by atomic mass is 16.6. The van der Waals surface area contributed by atoms with Crippen molar-refractivity contribution in [1.29, 1.82) is 0 Å². The predicted molar refractivity (Wildman–Crippen MR) is 53.4 cm³/mol. The molecule has 0 spiro atoms. The summed E-state index contributed by atoms with van der Waals surface area (Å²) in [6, 6.07) is 0. The van der Waals surface area contributed by atoms with E-state index < -0.39 is 17.4 Å². The van der Waals surface area contributed by atoms with E-state index in [0.29, 0.717) is 13.2 Å². The normalized spacial score (nSPS) is 19.5. The highest BCUT2D eigenvalue weighted by Crippen LogP contribution is 2.20. The summed E-state index contributed by atoms with van der Waals surface area (Å²) in [5.41, 5.74) is -1.24. The molecule has 0 aromatic carbocycles. The Kier molecular flexibility index (Phi) is 3.14. The molecule has 0 aromatic rings. The van der Waals surface area contributed by atoms with Crippen LogP contribution in [0.2, 0.25) is 0 Å². The number of aliphatic carboxylic acids is 1. The average molecular weight is 213 g/mol. The average Bonchev–Trinajstić information content (AvgIpc) is 2.96. The number of epoxide rings is 1. The maximum absolute atomic E-state index is 11.5. The molecule has 1 N–H and O–H groups in total. The Morgan fingerprint density at radius 1 is 1.67 bits per heavy atom. The van der Waals surface area contributed by atoms with Crippen LogP contribution < -0.4 is 0 Å². The lowest BCUT2D eigenvalue weighted by Crippen LogP contribution is -2.53. The minimum absolute atomic E-state index is 0.0347. The summed E-state index contributed by atoms with van der Waals surface area (Å²) in [6.07, 6.45) is 1.08. The van der Waals surface area contributed by atoms with E-state index >= 15 is 0 Å². The summed E-state index contributed by atoms with van der Waals surface area (Å²) in [7, 11) is 0. The molecular formula is C10H15NO4. The molecule has 1 amide bonds. The van der Waals surface area contributed by atoms with Gasteiger partial charge in [-0.2, -0.15) is 0 Å². The van der Waals surface area contributed by atoms with Gasteiger partial charge in [0.25, 0.3) is 0 Å². The SMILES string of the molecule is C=CC(=O)N(CC1CO1)C(C)(C)C(=O)O. The lowest BCUT2D eigenvalue weighted by Gasteiger charge is -2.33. The summed E-state index contributed by atoms with van der Waals surface area (Å²) >= 11 is 0. The van der Waals surface area contributed by atoms with Gasteiger partial charge >= 0.3 is 5.97 Å². The molecule has 1 unspecified atom stereocenters. The molecule has 1 aliphatic rings. The minimum Gasteiger partial charge on any atom is -0.480 e. The number of carboxylic acid groups (broad SMARTS) is 1. The summed E-state index contributed by atoms with van der Waals surface area (Å²) in [6.45, 7) is 7.20. The molecule has 5 heteroatoms. The van der Waals surface area contributed by atoms with Crippen molar-refractivity contribution >= 4 is 11.9 Å². The van der Waals surface area contributed by atoms with Crippen molar-refractivity contribution in [2.75, 3.05) is 13.2 Å². The Morgan fingerprint density at radius 3 is 2.53 bits per heavy atom. The van der Waals surface area contributed by atoms with Crippen LogP contribution in [0.1, 0.15) is 13.8 Å². The first-order valence-corrected chi connectivity index (χ1v) is 4.68. The van der Waals surface area contributed by atoms with Crippen molar-refractivity contribution < 1.29 is 19.4 Å². The van der Waals surface area contributed by atoms with E-state index in [2.05, 4.69) is 6.58 Å². The molecule has 1 atom stereocenters. The maximum atomic E-state index is 11.5. The fraction of sp³-hybridized carbons (Fsp3) is 0.600. The highest BCUT2D eigenvalue weighted by molar-refractivity contribution is 5.92. The van der Waals surface area contributed by atoms with E-state index in [1.165, 1.54) is 18.7 Å². The quantitative estimate of drug-likeness (QED) is 0.525. The monoisotopic (exact) mass is 213 g/mol. The van der Waals surface area contributed by atoms with E-state index in [9.17, 15) is 9.59 Å². The number of carbonyl (C=O) groups is 2. The van der Waals surface area contributed by atoms with Crippen LogP contribution in [0.25, 0.3) is 0 Å². The van der Waals surface area contributed by atoms with Crippen molar-refractivity contribution in [1.82, 2.24) is 4.90 Å². The van der Waals surface area contributed by atoms with Crippen LogP contribution in [-0.2, 0) is 14.3 Å². The van der Waals surface area contributed by atoms with Gasteiger partial charge in [-0.25, -0.2) is 4.79 Å². The predicted octanol–water partition coefficient (Wildman–Crippen LogP) is 0.263. The summed E-state index contributed by atoms with van der Waals surface area (Å²) in [5, 5.41) is 9.02. The third-order valence-electron chi connectivity index (χ3n) is 2.43. The molecule has 0 radical (unpaired) electrons. The van der Waals surface area contributed by atoms with Crippen LogP contribution >= 0.6 is 0 Å². The summed E-state index contributed by atoms with van der Waals surface area (Å²) in [5.74, 6) is -1.43. The number of nitrogens with zero attached hydrogens (tertiary/aromatic N) is 1. The lowest BCUT2D eigenvalue weighted by molar-refractivity contribution is -0.155. The molecule has 15 heavy (non-hydrogen) atoms. The molecule has 0 saturated carbocycles. The number of amides is 1. The molecule has 1 aliphatic heterocycles. The smallest absolute Gasteiger partial charge is 0.329 e. The van der Waals surface area contributed by atoms with E-state index in [4.69, 9.17) is 9.84 Å². The van der Waals surface area contributed by atoms with Gasteiger partial charge < -0.3 is 14.7 Å². The molecule has 1 fully saturated rings. The van der Waals surface area contributed by atoms with E-state index in [1.54, 1.807) is 0 Å². The number of carbonyl (C=O) groups excluding carboxylic acids is 1. The number of hydrogen-bond acceptors (Lipinski definition) is 3. The number of rotatable bonds is 5. The fourth-order valence-electron chi connectivity index (χ4n) is 1.20. The van der Waals surface area contributed by atoms with Crippen LogP contribution in [0.3, 0.4) is 0 Å². The maximum Gasteiger partial charge on any atom is 0.329 e. The molecular weight excluding hydrogens is 198 g/mol. The Hall–Kier alpha value is -1.36. The van der Waals surface area contributed by atoms with E-state index in [0.717, 1.165) is 6.08 Å². The van der Waals surface area contributed by atoms with Crippen molar-refractivity contribution in [2.24, 2.45) is 0 Å². The highest BCUT2D eigenvalue weighted by Gasteiger charge is 2.40. The number of ether oxygens (including phenoxy) is 1. The van der Waals surface area contributed by atoms with Gasteiger partial charge in [-0.3, -0.25) is 4.79 Å². The first kappa shape index (κ1) is 11.7. The van der Waals surface area contributed by atoms with Gasteiger partial charge in [-0.15, -0.1) is 0 Å². The largest absolute Gasteiger partial charge is 0.480 e. The topological polar surface area (TPSA) is 70.1 Å². The van der Waals surface area contributed by atoms with Gasteiger partial charge in [-0.1, -0.05) is 6.58 Å². The zero-order valence-corrected chi connectivity index (χ0v) is 8.90. The fourth-order valence-corrected chi connectivity index (χ4v) is 1.20. The van der Waals surface area contributed by atoms with Gasteiger partial charge in [0.2, 0.25) is 5.91 Å². The third kappa shape index (κ3) is 2.56. The summed E-state index contributed by atoms with van der Waals surface area (Å²) in [4.78, 5) is 23.8. The van der Waals surface area contributed by atoms with Crippen LogP contribution in [0.4, 0.5) is 0 Å². The van der Waals surface area contributed by atoms with Crippen LogP contribution in [0.15, 0.2) is 12.7 Å². The zero-order valence-electron chi connectivity index (χ0n) is 8.90. The van der Waals surface area contributed by atoms with Crippen molar-refractivity contribution in [3.63, 3.8) is 0 Å². The second kappa shape index (κ2) is 4.02. The Morgan fingerprint density at radius 2 is 2.20 bits per heavy atom. The van der Waals surface area contributed by atoms with Crippen molar-refractivity contribution in [2.45, 2.75) is 25.5 Å². The molecule has 84 valence electrons. The zero-order chi connectivity index (χ0) is 11.6. The Labute approximate surface area is 88.3 Å². The molecule has 0 aliphatic carbocycles. The van der Waals surface area contributed by atoms with Crippen LogP contribution in [0.5, 0.6) is 0 Å². The van der Waals surface area contributed by atoms with Gasteiger partial charge in [0.1, 0.15) is 5.54 Å². The van der Waals surface area contributed by atoms with Gasteiger partial charge in [0, 0.05) is 0 Å². The first-order chi connectivity index (χ1) is 6.89. The molecule has 1 rings (SSSR count). The Balaban J connectivity index is 2.82. The summed E-state index contributed by atoms with van der Waals surface area (Å²) < 4.78 is 4.99. The standard InChI is InChI=1S/C10H15NO4/c1-4-8(12)11(5-7-6-15-7)10(2,3)9(13)14/h4,7H,1,5-6H2,2-3H3,(H,13,14). The molecule has 0 aromatic heterocycles. The third-order valence-corrected chi connectivity index (χ3v) is 2.43. The molecule has 1 heterocycles. The van der Waals surface area contributed by atoms with Crippen molar-refractivity contribution in [3.8, 4) is 0 Å². The van der Waals surface area contributed by atoms with Gasteiger partial charge in [0.05, 0.1) is 19.3 Å². The van der Waals surface area contributed by atoms with Crippen molar-refractivity contribution in [3.05, 3.63) is 12.7 Å². The van der Waals surface area contributed by atoms with Gasteiger partial charge in [-0.05, 0) is 19.9 Å². The second-order valence-corrected chi connectivity index (χ2v) is 3.97. The second-order valence-electron chi connectivity index (χ2n) is 3.97. The van der Waals surface area contributed by atoms with Crippen LogP contribution in [0, 0.1) is 0 Å². The molecule has 5 nitrogen and oxygen atoms in total. The van der Waals surface area contributed by atoms with Crippen LogP contribution in [-0.4, -0.2) is 46.7 Å². The van der Waals surface area contributed by atoms with Gasteiger partial charge in [0.15, 0.2) is 0 Å².